The minimum absolute atomic E-state index is 0.375. The van der Waals surface area contributed by atoms with E-state index >= 15 is 0 Å². The Balaban J connectivity index is 1.08. The van der Waals surface area contributed by atoms with E-state index in [9.17, 15) is 0 Å². The second-order valence-electron chi connectivity index (χ2n) is 14.8. The van der Waals surface area contributed by atoms with Crippen molar-refractivity contribution >= 4 is 17.1 Å². The summed E-state index contributed by atoms with van der Waals surface area (Å²) in [4.78, 5) is 2.38. The third-order valence-electron chi connectivity index (χ3n) is 11.9. The molecule has 0 heterocycles. The number of hydrogen-bond acceptors (Lipinski definition) is 1. The molecule has 0 saturated heterocycles. The summed E-state index contributed by atoms with van der Waals surface area (Å²) in [5, 5.41) is 0. The zero-order valence-corrected chi connectivity index (χ0v) is 30.8. The molecule has 1 heteroatoms. The largest absolute Gasteiger partial charge is 0.310 e. The predicted octanol–water partition coefficient (Wildman–Crippen LogP) is 14.5. The average Bonchev–Trinajstić information content (AvgIpc) is 3.75. The first kappa shape index (κ1) is 32.2. The summed E-state index contributed by atoms with van der Waals surface area (Å²) in [5.41, 5.74) is 20.9. The SMILES string of the molecule is c1ccc(-c2ccc(N(c3ccc(-c4ccccc4)cc3)c3cccc(-c4cccc5c4-c4ccccc4C54c5ccccc5-c5ccccc54)c3)cc2)cc1. The lowest BCUT2D eigenvalue weighted by atomic mass is 9.70. The molecule has 0 aliphatic heterocycles. The van der Waals surface area contributed by atoms with Crippen LogP contribution in [0.3, 0.4) is 0 Å². The third kappa shape index (κ3) is 4.88. The van der Waals surface area contributed by atoms with Crippen molar-refractivity contribution in [3.8, 4) is 55.6 Å². The van der Waals surface area contributed by atoms with Crippen LogP contribution < -0.4 is 4.90 Å². The van der Waals surface area contributed by atoms with Gasteiger partial charge in [0.05, 0.1) is 5.41 Å². The Labute approximate surface area is 328 Å². The monoisotopic (exact) mass is 711 g/mol. The Hall–Kier alpha value is -7.22. The first-order valence-electron chi connectivity index (χ1n) is 19.4. The van der Waals surface area contributed by atoms with Gasteiger partial charge in [-0.25, -0.2) is 0 Å². The number of hydrogen-bond donors (Lipinski definition) is 0. The zero-order chi connectivity index (χ0) is 37.1. The normalized spacial score (nSPS) is 12.8. The first-order valence-corrected chi connectivity index (χ1v) is 19.4. The molecule has 0 radical (unpaired) electrons. The van der Waals surface area contributed by atoms with Crippen LogP contribution in [-0.2, 0) is 5.41 Å². The molecule has 0 amide bonds. The number of fused-ring (bicyclic) bond motifs is 10. The lowest BCUT2D eigenvalue weighted by Gasteiger charge is -2.30. The molecule has 56 heavy (non-hydrogen) atoms. The number of benzene rings is 9. The topological polar surface area (TPSA) is 3.24 Å². The maximum Gasteiger partial charge on any atom is 0.0725 e. The van der Waals surface area contributed by atoms with Crippen LogP contribution in [0.25, 0.3) is 55.6 Å². The Bertz CT molecular complexity index is 2760. The van der Waals surface area contributed by atoms with Crippen molar-refractivity contribution in [2.75, 3.05) is 4.90 Å². The van der Waals surface area contributed by atoms with E-state index in [1.165, 1.54) is 77.9 Å². The highest BCUT2D eigenvalue weighted by Crippen LogP contribution is 2.64. The fraction of sp³-hybridized carbons (Fsp3) is 0.0182. The third-order valence-corrected chi connectivity index (χ3v) is 11.9. The van der Waals surface area contributed by atoms with E-state index in [1.54, 1.807) is 0 Å². The van der Waals surface area contributed by atoms with Crippen molar-refractivity contribution < 1.29 is 0 Å². The minimum Gasteiger partial charge on any atom is -0.310 e. The summed E-state index contributed by atoms with van der Waals surface area (Å²) >= 11 is 0. The molecule has 2 aliphatic carbocycles. The minimum atomic E-state index is -0.375. The summed E-state index contributed by atoms with van der Waals surface area (Å²) in [6, 6.07) is 82.3. The van der Waals surface area contributed by atoms with E-state index < -0.39 is 0 Å². The van der Waals surface area contributed by atoms with Crippen LogP contribution in [0.5, 0.6) is 0 Å². The summed E-state index contributed by atoms with van der Waals surface area (Å²) < 4.78 is 0. The predicted molar refractivity (Wildman–Crippen MR) is 234 cm³/mol. The molecule has 0 saturated carbocycles. The lowest BCUT2D eigenvalue weighted by molar-refractivity contribution is 0.794. The van der Waals surface area contributed by atoms with Crippen molar-refractivity contribution in [3.63, 3.8) is 0 Å². The molecule has 9 aromatic rings. The van der Waals surface area contributed by atoms with Crippen LogP contribution in [-0.4, -0.2) is 0 Å². The van der Waals surface area contributed by atoms with Gasteiger partial charge >= 0.3 is 0 Å². The van der Waals surface area contributed by atoms with E-state index in [2.05, 4.69) is 229 Å². The second kappa shape index (κ2) is 13.0. The lowest BCUT2D eigenvalue weighted by Crippen LogP contribution is -2.25. The van der Waals surface area contributed by atoms with Crippen molar-refractivity contribution in [2.24, 2.45) is 0 Å². The second-order valence-corrected chi connectivity index (χ2v) is 14.8. The van der Waals surface area contributed by atoms with Gasteiger partial charge in [0.25, 0.3) is 0 Å². The average molecular weight is 712 g/mol. The van der Waals surface area contributed by atoms with E-state index in [4.69, 9.17) is 0 Å². The van der Waals surface area contributed by atoms with Gasteiger partial charge in [-0.3, -0.25) is 0 Å². The summed E-state index contributed by atoms with van der Waals surface area (Å²) in [7, 11) is 0. The molecular weight excluding hydrogens is 675 g/mol. The van der Waals surface area contributed by atoms with Gasteiger partial charge in [0.2, 0.25) is 0 Å². The molecule has 1 nitrogen and oxygen atoms in total. The molecule has 0 unspecified atom stereocenters. The smallest absolute Gasteiger partial charge is 0.0725 e. The van der Waals surface area contributed by atoms with Gasteiger partial charge in [0, 0.05) is 17.1 Å². The first-order chi connectivity index (χ1) is 27.8. The van der Waals surface area contributed by atoms with Gasteiger partial charge in [-0.2, -0.15) is 0 Å². The molecule has 0 atom stereocenters. The van der Waals surface area contributed by atoms with Crippen molar-refractivity contribution in [3.05, 3.63) is 247 Å². The molecule has 262 valence electrons. The highest BCUT2D eigenvalue weighted by molar-refractivity contribution is 6.00. The van der Waals surface area contributed by atoms with Gasteiger partial charge in [-0.05, 0) is 114 Å². The zero-order valence-electron chi connectivity index (χ0n) is 30.8. The van der Waals surface area contributed by atoms with E-state index in [1.807, 2.05) is 0 Å². The van der Waals surface area contributed by atoms with Crippen LogP contribution in [0.4, 0.5) is 17.1 Å². The van der Waals surface area contributed by atoms with Crippen molar-refractivity contribution in [1.82, 2.24) is 0 Å². The summed E-state index contributed by atoms with van der Waals surface area (Å²) in [6.45, 7) is 0. The Morgan fingerprint density at radius 3 is 1.20 bits per heavy atom. The molecule has 0 fully saturated rings. The molecular formula is C55H37N. The number of nitrogens with zero attached hydrogens (tertiary/aromatic N) is 1. The quantitative estimate of drug-likeness (QED) is 0.166. The van der Waals surface area contributed by atoms with Crippen LogP contribution in [0.2, 0.25) is 0 Å². The highest BCUT2D eigenvalue weighted by atomic mass is 15.1. The van der Waals surface area contributed by atoms with Crippen LogP contribution in [0.1, 0.15) is 22.3 Å². The summed E-state index contributed by atoms with van der Waals surface area (Å²) in [5.74, 6) is 0. The van der Waals surface area contributed by atoms with E-state index in [0.717, 1.165) is 17.1 Å². The van der Waals surface area contributed by atoms with Crippen LogP contribution in [0, 0.1) is 0 Å². The maximum absolute atomic E-state index is 2.38. The Kier molecular flexibility index (Phi) is 7.47. The number of rotatable bonds is 6. The molecule has 0 bridgehead atoms. The van der Waals surface area contributed by atoms with Crippen molar-refractivity contribution in [2.45, 2.75) is 5.41 Å². The Morgan fingerprint density at radius 2 is 0.643 bits per heavy atom. The van der Waals surface area contributed by atoms with Gasteiger partial charge in [0.15, 0.2) is 0 Å². The van der Waals surface area contributed by atoms with E-state index in [0.29, 0.717) is 0 Å². The number of anilines is 3. The van der Waals surface area contributed by atoms with Crippen LogP contribution >= 0.6 is 0 Å². The van der Waals surface area contributed by atoms with E-state index in [-0.39, 0.29) is 5.41 Å². The fourth-order valence-electron chi connectivity index (χ4n) is 9.51. The van der Waals surface area contributed by atoms with Gasteiger partial charge in [-0.1, -0.05) is 188 Å². The molecule has 1 spiro atoms. The Morgan fingerprint density at radius 1 is 0.250 bits per heavy atom. The molecule has 0 N–H and O–H groups in total. The molecule has 11 rings (SSSR count). The van der Waals surface area contributed by atoms with Crippen LogP contribution in [0.15, 0.2) is 224 Å². The van der Waals surface area contributed by atoms with Crippen molar-refractivity contribution in [1.29, 1.82) is 0 Å². The standard InChI is InChI=1S/C55H37N/c1-3-15-38(16-4-1)40-29-33-43(34-30-40)56(44-35-31-41(32-36-44)39-17-5-2-6-18-39)45-20-13-19-42(37-45)46-24-14-28-53-54(46)49-23-9-12-27-52(49)55(53)50-25-10-7-21-47(50)48-22-8-11-26-51(48)55/h1-37H. The fourth-order valence-corrected chi connectivity index (χ4v) is 9.51. The molecule has 2 aliphatic rings. The molecule has 0 aromatic heterocycles. The molecule has 9 aromatic carbocycles. The van der Waals surface area contributed by atoms with Gasteiger partial charge < -0.3 is 4.90 Å². The van der Waals surface area contributed by atoms with Gasteiger partial charge in [0.1, 0.15) is 0 Å². The highest BCUT2D eigenvalue weighted by Gasteiger charge is 2.51. The van der Waals surface area contributed by atoms with Gasteiger partial charge in [-0.15, -0.1) is 0 Å². The summed E-state index contributed by atoms with van der Waals surface area (Å²) in [6.07, 6.45) is 0. The maximum atomic E-state index is 2.38.